The van der Waals surface area contributed by atoms with E-state index < -0.39 is 0 Å². The monoisotopic (exact) mass is 516 g/mol. The van der Waals surface area contributed by atoms with Gasteiger partial charge in [-0.2, -0.15) is 0 Å². The lowest BCUT2D eigenvalue weighted by Crippen LogP contribution is -2.50. The van der Waals surface area contributed by atoms with Crippen molar-refractivity contribution < 1.29 is 14.3 Å². The van der Waals surface area contributed by atoms with Gasteiger partial charge in [0.1, 0.15) is 0 Å². The summed E-state index contributed by atoms with van der Waals surface area (Å²) in [6.45, 7) is 7.00. The van der Waals surface area contributed by atoms with E-state index in [0.29, 0.717) is 24.9 Å². The first-order chi connectivity index (χ1) is 18.6. The molecule has 0 spiro atoms. The molecule has 202 valence electrons. The van der Waals surface area contributed by atoms with E-state index in [4.69, 9.17) is 4.74 Å². The normalized spacial score (nSPS) is 24.0. The average molecular weight is 517 g/mol. The van der Waals surface area contributed by atoms with E-state index in [2.05, 4.69) is 62.5 Å². The van der Waals surface area contributed by atoms with Gasteiger partial charge in [-0.1, -0.05) is 30.3 Å². The van der Waals surface area contributed by atoms with Crippen molar-refractivity contribution >= 4 is 17.5 Å². The highest BCUT2D eigenvalue weighted by molar-refractivity contribution is 6.00. The summed E-state index contributed by atoms with van der Waals surface area (Å²) in [5, 5.41) is 2.51. The zero-order valence-corrected chi connectivity index (χ0v) is 22.5. The molecule has 6 rings (SSSR count). The summed E-state index contributed by atoms with van der Waals surface area (Å²) in [5.41, 5.74) is 6.83. The number of carbonyl (C=O) groups is 2. The molecule has 0 aromatic heterocycles. The fraction of sp³-hybridized carbons (Fsp3) is 0.548. The Balaban J connectivity index is 0.996. The van der Waals surface area contributed by atoms with Crippen molar-refractivity contribution in [2.24, 2.45) is 0 Å². The molecule has 1 N–H and O–H groups in total. The van der Waals surface area contributed by atoms with E-state index in [9.17, 15) is 9.59 Å². The Morgan fingerprint density at radius 3 is 2.32 bits per heavy atom. The standard InChI is InChI=1S/C31H40N4O3/c1-38-28-12-16-34(17-13-28)27-6-2-22(3-7-27)19-33-14-10-23(11-15-33)24-4-5-25-20-35(21-26(25)18-24)29-8-9-30(36)32-31(29)37/h2-7,18,23,28-29H,8-17,19-21H2,1H3,(H,32,36,37). The third-order valence-corrected chi connectivity index (χ3v) is 9.17. The van der Waals surface area contributed by atoms with E-state index in [0.717, 1.165) is 58.7 Å². The Morgan fingerprint density at radius 2 is 1.61 bits per heavy atom. The van der Waals surface area contributed by atoms with E-state index in [1.807, 2.05) is 7.11 Å². The van der Waals surface area contributed by atoms with Gasteiger partial charge >= 0.3 is 0 Å². The second kappa shape index (κ2) is 11.2. The van der Waals surface area contributed by atoms with Crippen LogP contribution < -0.4 is 10.2 Å². The Hall–Kier alpha value is -2.74. The van der Waals surface area contributed by atoms with Crippen molar-refractivity contribution in [2.45, 2.75) is 76.2 Å². The quantitative estimate of drug-likeness (QED) is 0.590. The van der Waals surface area contributed by atoms with Gasteiger partial charge in [0.25, 0.3) is 0 Å². The minimum Gasteiger partial charge on any atom is -0.381 e. The molecular formula is C31H40N4O3. The number of anilines is 1. The summed E-state index contributed by atoms with van der Waals surface area (Å²) in [6.07, 6.45) is 6.05. The van der Waals surface area contributed by atoms with Crippen LogP contribution in [0.1, 0.15) is 66.7 Å². The van der Waals surface area contributed by atoms with Crippen LogP contribution in [0.25, 0.3) is 0 Å². The van der Waals surface area contributed by atoms with Crippen molar-refractivity contribution in [1.82, 2.24) is 15.1 Å². The highest BCUT2D eigenvalue weighted by Crippen LogP contribution is 2.34. The molecule has 4 heterocycles. The third kappa shape index (κ3) is 5.51. The number of nitrogens with zero attached hydrogens (tertiary/aromatic N) is 3. The van der Waals surface area contributed by atoms with Crippen LogP contribution in [-0.2, 0) is 34.0 Å². The van der Waals surface area contributed by atoms with E-state index in [1.165, 1.54) is 40.8 Å². The third-order valence-electron chi connectivity index (χ3n) is 9.17. The fourth-order valence-corrected chi connectivity index (χ4v) is 6.79. The molecule has 2 aromatic carbocycles. The van der Waals surface area contributed by atoms with Crippen molar-refractivity contribution in [2.75, 3.05) is 38.2 Å². The minimum absolute atomic E-state index is 0.136. The lowest BCUT2D eigenvalue weighted by atomic mass is 9.88. The Kier molecular flexibility index (Phi) is 7.50. The summed E-state index contributed by atoms with van der Waals surface area (Å²) in [5.74, 6) is 0.314. The molecule has 0 radical (unpaired) electrons. The van der Waals surface area contributed by atoms with Crippen LogP contribution in [0.15, 0.2) is 42.5 Å². The van der Waals surface area contributed by atoms with Gasteiger partial charge in [0.2, 0.25) is 11.8 Å². The van der Waals surface area contributed by atoms with Gasteiger partial charge in [-0.05, 0) is 85.5 Å². The van der Waals surface area contributed by atoms with Crippen molar-refractivity contribution in [3.63, 3.8) is 0 Å². The highest BCUT2D eigenvalue weighted by atomic mass is 16.5. The van der Waals surface area contributed by atoms with Gasteiger partial charge < -0.3 is 9.64 Å². The molecule has 2 amide bonds. The summed E-state index contributed by atoms with van der Waals surface area (Å²) in [4.78, 5) is 31.2. The largest absolute Gasteiger partial charge is 0.381 e. The van der Waals surface area contributed by atoms with Gasteiger partial charge in [0.15, 0.2) is 0 Å². The summed E-state index contributed by atoms with van der Waals surface area (Å²) >= 11 is 0. The lowest BCUT2D eigenvalue weighted by molar-refractivity contribution is -0.137. The van der Waals surface area contributed by atoms with Crippen LogP contribution in [0.4, 0.5) is 5.69 Å². The number of hydrogen-bond acceptors (Lipinski definition) is 6. The minimum atomic E-state index is -0.191. The van der Waals surface area contributed by atoms with Crippen molar-refractivity contribution in [3.8, 4) is 0 Å². The summed E-state index contributed by atoms with van der Waals surface area (Å²) in [6, 6.07) is 16.0. The molecule has 38 heavy (non-hydrogen) atoms. The molecule has 3 saturated heterocycles. The van der Waals surface area contributed by atoms with Crippen molar-refractivity contribution in [3.05, 3.63) is 64.7 Å². The predicted octanol–water partition coefficient (Wildman–Crippen LogP) is 3.80. The maximum Gasteiger partial charge on any atom is 0.243 e. The molecule has 4 aliphatic rings. The van der Waals surface area contributed by atoms with E-state index >= 15 is 0 Å². The number of imide groups is 1. The molecule has 0 saturated carbocycles. The number of likely N-dealkylation sites (tertiary alicyclic amines) is 1. The number of amides is 2. The van der Waals surface area contributed by atoms with Crippen LogP contribution in [0, 0.1) is 0 Å². The van der Waals surface area contributed by atoms with Gasteiger partial charge in [-0.25, -0.2) is 0 Å². The Labute approximate surface area is 226 Å². The molecule has 1 atom stereocenters. The maximum absolute atomic E-state index is 12.3. The first-order valence-corrected chi connectivity index (χ1v) is 14.3. The number of piperidine rings is 3. The fourth-order valence-electron chi connectivity index (χ4n) is 6.79. The molecule has 0 aliphatic carbocycles. The second-order valence-electron chi connectivity index (χ2n) is 11.5. The number of nitrogens with one attached hydrogen (secondary N) is 1. The zero-order valence-electron chi connectivity index (χ0n) is 22.5. The van der Waals surface area contributed by atoms with Crippen LogP contribution >= 0.6 is 0 Å². The summed E-state index contributed by atoms with van der Waals surface area (Å²) in [7, 11) is 1.82. The van der Waals surface area contributed by atoms with Crippen LogP contribution in [-0.4, -0.2) is 67.0 Å². The van der Waals surface area contributed by atoms with Gasteiger partial charge in [0, 0.05) is 51.9 Å². The Bertz CT molecular complexity index is 1150. The number of hydrogen-bond donors (Lipinski definition) is 1. The number of ether oxygens (including phenoxy) is 1. The van der Waals surface area contributed by atoms with Crippen LogP contribution in [0.3, 0.4) is 0 Å². The number of rotatable bonds is 6. The Morgan fingerprint density at radius 1 is 0.868 bits per heavy atom. The topological polar surface area (TPSA) is 65.1 Å². The number of benzene rings is 2. The zero-order chi connectivity index (χ0) is 26.1. The molecule has 3 fully saturated rings. The molecule has 4 aliphatic heterocycles. The van der Waals surface area contributed by atoms with Gasteiger partial charge in [-0.3, -0.25) is 24.7 Å². The first kappa shape index (κ1) is 25.5. The number of methoxy groups -OCH3 is 1. The molecule has 0 bridgehead atoms. The smallest absolute Gasteiger partial charge is 0.243 e. The van der Waals surface area contributed by atoms with Gasteiger partial charge in [-0.15, -0.1) is 0 Å². The molecule has 7 heteroatoms. The van der Waals surface area contributed by atoms with Crippen molar-refractivity contribution in [1.29, 1.82) is 0 Å². The lowest BCUT2D eigenvalue weighted by Gasteiger charge is -2.34. The molecule has 2 aromatic rings. The first-order valence-electron chi connectivity index (χ1n) is 14.3. The number of carbonyl (C=O) groups excluding carboxylic acids is 2. The SMILES string of the molecule is COC1CCN(c2ccc(CN3CCC(c4ccc5c(c4)CN(C4CCC(=O)NC4=O)C5)CC3)cc2)CC1. The van der Waals surface area contributed by atoms with E-state index in [1.54, 1.807) is 0 Å². The molecular weight excluding hydrogens is 476 g/mol. The molecule has 1 unspecified atom stereocenters. The second-order valence-corrected chi connectivity index (χ2v) is 11.5. The maximum atomic E-state index is 12.3. The number of fused-ring (bicyclic) bond motifs is 1. The van der Waals surface area contributed by atoms with Crippen LogP contribution in [0.5, 0.6) is 0 Å². The molecule has 7 nitrogen and oxygen atoms in total. The van der Waals surface area contributed by atoms with Gasteiger partial charge in [0.05, 0.1) is 12.1 Å². The van der Waals surface area contributed by atoms with Crippen LogP contribution in [0.2, 0.25) is 0 Å². The predicted molar refractivity (Wildman–Crippen MR) is 148 cm³/mol. The summed E-state index contributed by atoms with van der Waals surface area (Å²) < 4.78 is 5.51. The van der Waals surface area contributed by atoms with E-state index in [-0.39, 0.29) is 17.9 Å². The highest BCUT2D eigenvalue weighted by Gasteiger charge is 2.35. The average Bonchev–Trinajstić information content (AvgIpc) is 3.37.